The van der Waals surface area contributed by atoms with Gasteiger partial charge in [-0.1, -0.05) is 11.8 Å². The summed E-state index contributed by atoms with van der Waals surface area (Å²) in [5.74, 6) is 3.99. The standard InChI is InChI=1S/C14H18FNO4S/c1-2-20-10-4-8-16-21(18,19)14-7-6-12(5-3-9-17)11-13(14)15/h6-7,11,16-17H,2,4,8-10H2,1H3. The summed E-state index contributed by atoms with van der Waals surface area (Å²) < 4.78 is 45.1. The second-order valence-electron chi connectivity index (χ2n) is 4.05. The lowest BCUT2D eigenvalue weighted by Gasteiger charge is -2.08. The Bertz CT molecular complexity index is 620. The van der Waals surface area contributed by atoms with Crippen LogP contribution in [-0.2, 0) is 14.8 Å². The van der Waals surface area contributed by atoms with E-state index in [-0.39, 0.29) is 13.2 Å². The fourth-order valence-electron chi connectivity index (χ4n) is 1.54. The first kappa shape index (κ1) is 17.6. The van der Waals surface area contributed by atoms with Crippen molar-refractivity contribution in [3.8, 4) is 11.8 Å². The van der Waals surface area contributed by atoms with Gasteiger partial charge in [-0.15, -0.1) is 0 Å². The Morgan fingerprint density at radius 3 is 2.81 bits per heavy atom. The first-order valence-electron chi connectivity index (χ1n) is 6.48. The van der Waals surface area contributed by atoms with Crippen LogP contribution in [0.5, 0.6) is 0 Å². The van der Waals surface area contributed by atoms with Crippen molar-refractivity contribution in [3.63, 3.8) is 0 Å². The quantitative estimate of drug-likeness (QED) is 0.578. The molecule has 0 aromatic heterocycles. The zero-order chi connectivity index (χ0) is 15.7. The van der Waals surface area contributed by atoms with Crippen LogP contribution in [0.4, 0.5) is 4.39 Å². The molecule has 5 nitrogen and oxygen atoms in total. The zero-order valence-corrected chi connectivity index (χ0v) is 12.5. The highest BCUT2D eigenvalue weighted by molar-refractivity contribution is 7.89. The van der Waals surface area contributed by atoms with Gasteiger partial charge in [-0.05, 0) is 31.5 Å². The summed E-state index contributed by atoms with van der Waals surface area (Å²) in [6, 6.07) is 3.57. The summed E-state index contributed by atoms with van der Waals surface area (Å²) in [6.07, 6.45) is 0.509. The van der Waals surface area contributed by atoms with Crippen molar-refractivity contribution in [1.29, 1.82) is 0 Å². The molecule has 0 saturated heterocycles. The molecule has 0 heterocycles. The summed E-state index contributed by atoms with van der Waals surface area (Å²) in [6.45, 7) is 2.69. The molecule has 0 amide bonds. The van der Waals surface area contributed by atoms with E-state index >= 15 is 0 Å². The minimum atomic E-state index is -3.89. The summed E-state index contributed by atoms with van der Waals surface area (Å²) in [4.78, 5) is -0.423. The molecule has 0 aliphatic heterocycles. The van der Waals surface area contributed by atoms with Gasteiger partial charge in [0, 0.05) is 25.3 Å². The molecule has 1 aromatic carbocycles. The van der Waals surface area contributed by atoms with Gasteiger partial charge in [0.25, 0.3) is 0 Å². The van der Waals surface area contributed by atoms with Gasteiger partial charge in [0.05, 0.1) is 0 Å². The Labute approximate surface area is 124 Å². The molecule has 7 heteroatoms. The number of nitrogens with one attached hydrogen (secondary N) is 1. The van der Waals surface area contributed by atoms with Crippen molar-refractivity contribution in [3.05, 3.63) is 29.6 Å². The Hall–Kier alpha value is -1.46. The Kier molecular flexibility index (Phi) is 7.32. The van der Waals surface area contributed by atoms with Crippen LogP contribution < -0.4 is 4.72 Å². The van der Waals surface area contributed by atoms with Crippen LogP contribution >= 0.6 is 0 Å². The van der Waals surface area contributed by atoms with E-state index in [9.17, 15) is 12.8 Å². The predicted molar refractivity (Wildman–Crippen MR) is 76.7 cm³/mol. The highest BCUT2D eigenvalue weighted by Crippen LogP contribution is 2.15. The first-order valence-corrected chi connectivity index (χ1v) is 7.96. The van der Waals surface area contributed by atoms with Gasteiger partial charge in [0.15, 0.2) is 0 Å². The van der Waals surface area contributed by atoms with Gasteiger partial charge in [-0.2, -0.15) is 0 Å². The number of sulfonamides is 1. The van der Waals surface area contributed by atoms with Gasteiger partial charge in [-0.3, -0.25) is 0 Å². The van der Waals surface area contributed by atoms with Crippen molar-refractivity contribution in [2.45, 2.75) is 18.2 Å². The first-order chi connectivity index (χ1) is 10.0. The van der Waals surface area contributed by atoms with E-state index < -0.39 is 20.7 Å². The largest absolute Gasteiger partial charge is 0.384 e. The molecule has 0 aliphatic carbocycles. The number of hydrogen-bond acceptors (Lipinski definition) is 4. The molecule has 1 rings (SSSR count). The molecule has 0 unspecified atom stereocenters. The zero-order valence-electron chi connectivity index (χ0n) is 11.7. The van der Waals surface area contributed by atoms with E-state index in [1.54, 1.807) is 0 Å². The van der Waals surface area contributed by atoms with E-state index in [1.165, 1.54) is 6.07 Å². The number of halogens is 1. The van der Waals surface area contributed by atoms with E-state index in [0.717, 1.165) is 12.1 Å². The molecule has 0 atom stereocenters. The summed E-state index contributed by atoms with van der Waals surface area (Å²) >= 11 is 0. The predicted octanol–water partition coefficient (Wildman–Crippen LogP) is 0.874. The number of aliphatic hydroxyl groups excluding tert-OH is 1. The monoisotopic (exact) mass is 315 g/mol. The van der Waals surface area contributed by atoms with Crippen molar-refractivity contribution < 1.29 is 22.7 Å². The third kappa shape index (κ3) is 5.81. The van der Waals surface area contributed by atoms with Crippen LogP contribution in [0.2, 0.25) is 0 Å². The minimum Gasteiger partial charge on any atom is -0.384 e. The smallest absolute Gasteiger partial charge is 0.243 e. The Morgan fingerprint density at radius 2 is 2.19 bits per heavy atom. The van der Waals surface area contributed by atoms with E-state index in [2.05, 4.69) is 16.6 Å². The normalized spacial score (nSPS) is 11.0. The van der Waals surface area contributed by atoms with Crippen LogP contribution in [0, 0.1) is 17.7 Å². The molecule has 0 radical (unpaired) electrons. The Balaban J connectivity index is 2.74. The highest BCUT2D eigenvalue weighted by atomic mass is 32.2. The van der Waals surface area contributed by atoms with E-state index in [4.69, 9.17) is 9.84 Å². The van der Waals surface area contributed by atoms with Crippen LogP contribution in [0.3, 0.4) is 0 Å². The fourth-order valence-corrected chi connectivity index (χ4v) is 2.67. The van der Waals surface area contributed by atoms with Crippen LogP contribution in [-0.4, -0.2) is 39.9 Å². The number of benzene rings is 1. The lowest BCUT2D eigenvalue weighted by atomic mass is 10.2. The maximum Gasteiger partial charge on any atom is 0.243 e. The second kappa shape index (κ2) is 8.74. The van der Waals surface area contributed by atoms with E-state index in [1.807, 2.05) is 6.92 Å². The molecule has 0 bridgehead atoms. The summed E-state index contributed by atoms with van der Waals surface area (Å²) in [5.41, 5.74) is 0.303. The lowest BCUT2D eigenvalue weighted by Crippen LogP contribution is -2.26. The molecule has 2 N–H and O–H groups in total. The third-order valence-electron chi connectivity index (χ3n) is 2.49. The van der Waals surface area contributed by atoms with Crippen molar-refractivity contribution in [1.82, 2.24) is 4.72 Å². The molecular formula is C14H18FNO4S. The fraction of sp³-hybridized carbons (Fsp3) is 0.429. The molecule has 0 spiro atoms. The average Bonchev–Trinajstić information content (AvgIpc) is 2.44. The molecule has 0 fully saturated rings. The Morgan fingerprint density at radius 1 is 1.43 bits per heavy atom. The maximum absolute atomic E-state index is 13.8. The third-order valence-corrected chi connectivity index (χ3v) is 3.99. The van der Waals surface area contributed by atoms with Gasteiger partial charge in [0.2, 0.25) is 10.0 Å². The van der Waals surface area contributed by atoms with Gasteiger partial charge < -0.3 is 9.84 Å². The van der Waals surface area contributed by atoms with Gasteiger partial charge in [0.1, 0.15) is 17.3 Å². The van der Waals surface area contributed by atoms with Crippen molar-refractivity contribution >= 4 is 10.0 Å². The summed E-state index contributed by atoms with van der Waals surface area (Å²) in [5, 5.41) is 8.56. The number of hydrogen-bond donors (Lipinski definition) is 2. The number of aliphatic hydroxyl groups is 1. The SMILES string of the molecule is CCOCCCNS(=O)(=O)c1ccc(C#CCO)cc1F. The molecular weight excluding hydrogens is 297 g/mol. The molecule has 0 saturated carbocycles. The van der Waals surface area contributed by atoms with Gasteiger partial charge >= 0.3 is 0 Å². The lowest BCUT2D eigenvalue weighted by molar-refractivity contribution is 0.146. The molecule has 1 aromatic rings. The molecule has 21 heavy (non-hydrogen) atoms. The van der Waals surface area contributed by atoms with Crippen LogP contribution in [0.25, 0.3) is 0 Å². The minimum absolute atomic E-state index is 0.174. The maximum atomic E-state index is 13.8. The van der Waals surface area contributed by atoms with Crippen molar-refractivity contribution in [2.75, 3.05) is 26.4 Å². The van der Waals surface area contributed by atoms with Crippen molar-refractivity contribution in [2.24, 2.45) is 0 Å². The van der Waals surface area contributed by atoms with Gasteiger partial charge in [-0.25, -0.2) is 17.5 Å². The van der Waals surface area contributed by atoms with E-state index in [0.29, 0.717) is 25.2 Å². The highest BCUT2D eigenvalue weighted by Gasteiger charge is 2.18. The number of rotatable bonds is 7. The average molecular weight is 315 g/mol. The summed E-state index contributed by atoms with van der Waals surface area (Å²) in [7, 11) is -3.89. The molecule has 0 aliphatic rings. The topological polar surface area (TPSA) is 75.6 Å². The van der Waals surface area contributed by atoms with Crippen LogP contribution in [0.15, 0.2) is 23.1 Å². The molecule has 116 valence electrons. The second-order valence-corrected chi connectivity index (χ2v) is 5.79. The number of ether oxygens (including phenoxy) is 1. The van der Waals surface area contributed by atoms with Crippen LogP contribution in [0.1, 0.15) is 18.9 Å².